The molecule has 0 spiro atoms. The van der Waals surface area contributed by atoms with Crippen LogP contribution in [-0.4, -0.2) is 28.9 Å². The first kappa shape index (κ1) is 19.6. The van der Waals surface area contributed by atoms with Crippen molar-refractivity contribution < 1.29 is 14.3 Å². The predicted molar refractivity (Wildman–Crippen MR) is 111 cm³/mol. The van der Waals surface area contributed by atoms with E-state index >= 15 is 0 Å². The summed E-state index contributed by atoms with van der Waals surface area (Å²) < 4.78 is 5.38. The minimum atomic E-state index is -0.487. The molecule has 3 aromatic rings. The zero-order valence-electron chi connectivity index (χ0n) is 16.5. The molecule has 0 aliphatic heterocycles. The van der Waals surface area contributed by atoms with Gasteiger partial charge in [0.1, 0.15) is 0 Å². The maximum absolute atomic E-state index is 12.8. The molecule has 0 radical (unpaired) electrons. The first-order valence-corrected chi connectivity index (χ1v) is 9.35. The highest BCUT2D eigenvalue weighted by Crippen LogP contribution is 2.20. The molecule has 0 aromatic heterocycles. The largest absolute Gasteiger partial charge is 0.452 e. The van der Waals surface area contributed by atoms with Crippen LogP contribution in [0.1, 0.15) is 36.7 Å². The van der Waals surface area contributed by atoms with Crippen LogP contribution in [0, 0.1) is 0 Å². The summed E-state index contributed by atoms with van der Waals surface area (Å²) in [5.74, 6) is -0.705. The first-order chi connectivity index (χ1) is 13.4. The van der Waals surface area contributed by atoms with Gasteiger partial charge in [0.2, 0.25) is 0 Å². The summed E-state index contributed by atoms with van der Waals surface area (Å²) in [7, 11) is 0. The fourth-order valence-electron chi connectivity index (χ4n) is 3.15. The van der Waals surface area contributed by atoms with Gasteiger partial charge in [0, 0.05) is 12.1 Å². The minimum Gasteiger partial charge on any atom is -0.452 e. The summed E-state index contributed by atoms with van der Waals surface area (Å²) in [4.78, 5) is 27.2. The highest BCUT2D eigenvalue weighted by Gasteiger charge is 2.27. The summed E-state index contributed by atoms with van der Waals surface area (Å²) in [6.45, 7) is 6.10. The van der Waals surface area contributed by atoms with Crippen LogP contribution in [-0.2, 0) is 16.1 Å². The molecule has 3 rings (SSSR count). The van der Waals surface area contributed by atoms with Gasteiger partial charge in [0.15, 0.2) is 6.61 Å². The maximum Gasteiger partial charge on any atom is 0.339 e. The summed E-state index contributed by atoms with van der Waals surface area (Å²) in [6, 6.07) is 22.9. The Bertz CT molecular complexity index is 969. The number of fused-ring (bicyclic) bond motifs is 1. The van der Waals surface area contributed by atoms with Gasteiger partial charge >= 0.3 is 5.97 Å². The van der Waals surface area contributed by atoms with E-state index in [1.54, 1.807) is 11.0 Å². The molecule has 0 bridgehead atoms. The number of carbonyl (C=O) groups excluding carboxylic acids is 2. The Hall–Kier alpha value is -3.14. The number of ether oxygens (including phenoxy) is 1. The zero-order chi connectivity index (χ0) is 20.1. The van der Waals surface area contributed by atoms with Gasteiger partial charge in [-0.3, -0.25) is 4.79 Å². The van der Waals surface area contributed by atoms with E-state index in [4.69, 9.17) is 4.74 Å². The van der Waals surface area contributed by atoms with E-state index in [9.17, 15) is 9.59 Å². The third kappa shape index (κ3) is 4.58. The topological polar surface area (TPSA) is 46.6 Å². The van der Waals surface area contributed by atoms with Gasteiger partial charge < -0.3 is 9.64 Å². The molecule has 1 amide bonds. The lowest BCUT2D eigenvalue weighted by atomic mass is 10.0. The number of nitrogens with zero attached hydrogens (tertiary/aromatic N) is 1. The van der Waals surface area contributed by atoms with Crippen LogP contribution in [0.5, 0.6) is 0 Å². The van der Waals surface area contributed by atoms with Crippen LogP contribution >= 0.6 is 0 Å². The van der Waals surface area contributed by atoms with E-state index in [0.717, 1.165) is 16.3 Å². The van der Waals surface area contributed by atoms with Gasteiger partial charge in [-0.25, -0.2) is 4.79 Å². The molecular weight excluding hydrogens is 350 g/mol. The van der Waals surface area contributed by atoms with Crippen molar-refractivity contribution in [1.82, 2.24) is 4.90 Å². The highest BCUT2D eigenvalue weighted by atomic mass is 16.5. The number of hydrogen-bond donors (Lipinski definition) is 0. The molecule has 3 aromatic carbocycles. The number of hydrogen-bond acceptors (Lipinski definition) is 3. The Morgan fingerprint density at radius 3 is 2.21 bits per heavy atom. The molecule has 0 heterocycles. The average molecular weight is 375 g/mol. The Kier molecular flexibility index (Phi) is 5.78. The SMILES string of the molecule is CC(C)(C)N(Cc1ccccc1)C(=O)COC(=O)c1cccc2ccccc12. The number of rotatable bonds is 5. The highest BCUT2D eigenvalue weighted by molar-refractivity contribution is 6.04. The number of amides is 1. The molecule has 0 unspecified atom stereocenters. The van der Waals surface area contributed by atoms with Crippen LogP contribution in [0.3, 0.4) is 0 Å². The summed E-state index contributed by atoms with van der Waals surface area (Å²) in [5, 5.41) is 1.78. The van der Waals surface area contributed by atoms with Crippen molar-refractivity contribution in [3.63, 3.8) is 0 Å². The molecule has 0 atom stereocenters. The Morgan fingerprint density at radius 1 is 0.857 bits per heavy atom. The van der Waals surface area contributed by atoms with Crippen LogP contribution in [0.15, 0.2) is 72.8 Å². The molecule has 4 nitrogen and oxygen atoms in total. The van der Waals surface area contributed by atoms with Crippen molar-refractivity contribution in [2.75, 3.05) is 6.61 Å². The Morgan fingerprint density at radius 2 is 1.50 bits per heavy atom. The van der Waals surface area contributed by atoms with Gasteiger partial charge in [0.25, 0.3) is 5.91 Å². The molecule has 0 N–H and O–H groups in total. The standard InChI is InChI=1S/C24H25NO3/c1-24(2,3)25(16-18-10-5-4-6-11-18)22(26)17-28-23(27)21-15-9-13-19-12-7-8-14-20(19)21/h4-15H,16-17H2,1-3H3. The van der Waals surface area contributed by atoms with Gasteiger partial charge in [0.05, 0.1) is 5.56 Å². The third-order valence-corrected chi connectivity index (χ3v) is 4.63. The predicted octanol–water partition coefficient (Wildman–Crippen LogP) is 4.82. The van der Waals surface area contributed by atoms with Crippen LogP contribution < -0.4 is 0 Å². The monoisotopic (exact) mass is 375 g/mol. The summed E-state index contributed by atoms with van der Waals surface area (Å²) in [6.07, 6.45) is 0. The van der Waals surface area contributed by atoms with E-state index in [1.165, 1.54) is 0 Å². The number of carbonyl (C=O) groups is 2. The van der Waals surface area contributed by atoms with E-state index in [2.05, 4.69) is 0 Å². The van der Waals surface area contributed by atoms with Crippen molar-refractivity contribution in [2.24, 2.45) is 0 Å². The Labute approximate surface area is 165 Å². The summed E-state index contributed by atoms with van der Waals surface area (Å²) >= 11 is 0. The Balaban J connectivity index is 1.72. The van der Waals surface area contributed by atoms with Gasteiger partial charge in [-0.2, -0.15) is 0 Å². The molecular formula is C24H25NO3. The van der Waals surface area contributed by atoms with E-state index < -0.39 is 11.5 Å². The van der Waals surface area contributed by atoms with E-state index in [0.29, 0.717) is 12.1 Å². The van der Waals surface area contributed by atoms with Gasteiger partial charge in [-0.15, -0.1) is 0 Å². The van der Waals surface area contributed by atoms with E-state index in [-0.39, 0.29) is 12.5 Å². The normalized spacial score (nSPS) is 11.2. The second-order valence-electron chi connectivity index (χ2n) is 7.74. The fraction of sp³-hybridized carbons (Fsp3) is 0.250. The number of esters is 1. The molecule has 4 heteroatoms. The lowest BCUT2D eigenvalue weighted by Gasteiger charge is -2.35. The fourth-order valence-corrected chi connectivity index (χ4v) is 3.15. The second-order valence-corrected chi connectivity index (χ2v) is 7.74. The van der Waals surface area contributed by atoms with Gasteiger partial charge in [-0.1, -0.05) is 66.7 Å². The molecule has 144 valence electrons. The lowest BCUT2D eigenvalue weighted by Crippen LogP contribution is -2.46. The number of benzene rings is 3. The van der Waals surface area contributed by atoms with Crippen molar-refractivity contribution in [3.8, 4) is 0 Å². The first-order valence-electron chi connectivity index (χ1n) is 9.35. The zero-order valence-corrected chi connectivity index (χ0v) is 16.5. The smallest absolute Gasteiger partial charge is 0.339 e. The third-order valence-electron chi connectivity index (χ3n) is 4.63. The van der Waals surface area contributed by atoms with Crippen molar-refractivity contribution in [2.45, 2.75) is 32.9 Å². The van der Waals surface area contributed by atoms with Crippen molar-refractivity contribution in [1.29, 1.82) is 0 Å². The van der Waals surface area contributed by atoms with Crippen LogP contribution in [0.4, 0.5) is 0 Å². The molecule has 0 fully saturated rings. The molecule has 0 aliphatic rings. The lowest BCUT2D eigenvalue weighted by molar-refractivity contribution is -0.140. The minimum absolute atomic E-state index is 0.218. The van der Waals surface area contributed by atoms with Gasteiger partial charge in [-0.05, 0) is 43.2 Å². The molecule has 0 aliphatic carbocycles. The quantitative estimate of drug-likeness (QED) is 0.601. The summed E-state index contributed by atoms with van der Waals surface area (Å²) in [5.41, 5.74) is 1.11. The van der Waals surface area contributed by atoms with Crippen LogP contribution in [0.25, 0.3) is 10.8 Å². The van der Waals surface area contributed by atoms with Crippen molar-refractivity contribution in [3.05, 3.63) is 83.9 Å². The molecule has 28 heavy (non-hydrogen) atoms. The van der Waals surface area contributed by atoms with E-state index in [1.807, 2.05) is 87.5 Å². The van der Waals surface area contributed by atoms with Crippen molar-refractivity contribution >= 4 is 22.6 Å². The molecule has 0 saturated carbocycles. The molecule has 0 saturated heterocycles. The average Bonchev–Trinajstić information content (AvgIpc) is 2.69. The van der Waals surface area contributed by atoms with Crippen LogP contribution in [0.2, 0.25) is 0 Å². The maximum atomic E-state index is 12.8. The second kappa shape index (κ2) is 8.26.